The molecule has 74 valence electrons. The first-order valence-corrected chi connectivity index (χ1v) is 5.06. The van der Waals surface area contributed by atoms with Crippen molar-refractivity contribution in [3.63, 3.8) is 0 Å². The molecule has 0 saturated carbocycles. The molecule has 2 rings (SSSR count). The molecule has 1 heterocycles. The lowest BCUT2D eigenvalue weighted by atomic mass is 9.98. The molecule has 0 spiro atoms. The third kappa shape index (κ3) is 1.65. The molecule has 1 aromatic carbocycles. The molecule has 0 radical (unpaired) electrons. The van der Waals surface area contributed by atoms with E-state index in [0.717, 1.165) is 18.4 Å². The average Bonchev–Trinajstić information content (AvgIpc) is 2.61. The van der Waals surface area contributed by atoms with Gasteiger partial charge < -0.3 is 4.74 Å². The number of cyclic esters (lactones) is 1. The Morgan fingerprint density at radius 2 is 2.07 bits per heavy atom. The summed E-state index contributed by atoms with van der Waals surface area (Å²) in [6, 6.07) is 9.94. The van der Waals surface area contributed by atoms with E-state index in [0.29, 0.717) is 0 Å². The lowest BCUT2D eigenvalue weighted by molar-refractivity contribution is -0.144. The number of hydrogen-bond acceptors (Lipinski definition) is 2. The first-order chi connectivity index (χ1) is 6.81. The number of ether oxygens (including phenoxy) is 1. The van der Waals surface area contributed by atoms with Gasteiger partial charge in [0.15, 0.2) is 0 Å². The van der Waals surface area contributed by atoms with Gasteiger partial charge in [0.05, 0.1) is 5.92 Å². The van der Waals surface area contributed by atoms with Crippen LogP contribution < -0.4 is 0 Å². The molecule has 2 nitrogen and oxygen atoms in total. The normalized spacial score (nSPS) is 26.2. The van der Waals surface area contributed by atoms with E-state index in [1.807, 2.05) is 37.3 Å². The maximum absolute atomic E-state index is 11.4. The highest BCUT2D eigenvalue weighted by molar-refractivity contribution is 5.74. The Hall–Kier alpha value is -1.31. The summed E-state index contributed by atoms with van der Waals surface area (Å²) in [4.78, 5) is 11.4. The largest absolute Gasteiger partial charge is 0.457 e. The van der Waals surface area contributed by atoms with Crippen LogP contribution in [0.3, 0.4) is 0 Å². The fourth-order valence-corrected chi connectivity index (χ4v) is 1.84. The zero-order valence-corrected chi connectivity index (χ0v) is 8.27. The highest BCUT2D eigenvalue weighted by Crippen LogP contribution is 2.34. The van der Waals surface area contributed by atoms with Gasteiger partial charge in [0, 0.05) is 6.42 Å². The number of carbonyl (C=O) groups excluding carboxylic acids is 1. The van der Waals surface area contributed by atoms with Gasteiger partial charge >= 0.3 is 5.97 Å². The summed E-state index contributed by atoms with van der Waals surface area (Å²) in [5.41, 5.74) is 1.11. The highest BCUT2D eigenvalue weighted by atomic mass is 16.5. The van der Waals surface area contributed by atoms with E-state index in [2.05, 4.69) is 0 Å². The standard InChI is InChI=1S/C12H14O2/c1-2-9-8-11(14-12(9)13)10-6-4-3-5-7-10/h3-7,9,11H,2,8H2,1H3. The van der Waals surface area contributed by atoms with Crippen LogP contribution in [0.5, 0.6) is 0 Å². The van der Waals surface area contributed by atoms with Gasteiger partial charge in [0.2, 0.25) is 0 Å². The molecule has 1 saturated heterocycles. The van der Waals surface area contributed by atoms with E-state index in [1.165, 1.54) is 0 Å². The van der Waals surface area contributed by atoms with Crippen molar-refractivity contribution in [2.75, 3.05) is 0 Å². The second-order valence-corrected chi connectivity index (χ2v) is 3.68. The van der Waals surface area contributed by atoms with Crippen LogP contribution in [0.25, 0.3) is 0 Å². The van der Waals surface area contributed by atoms with Crippen molar-refractivity contribution in [1.82, 2.24) is 0 Å². The molecule has 0 amide bonds. The van der Waals surface area contributed by atoms with E-state index in [-0.39, 0.29) is 18.0 Å². The predicted octanol–water partition coefficient (Wildman–Crippen LogP) is 2.70. The summed E-state index contributed by atoms with van der Waals surface area (Å²) in [5, 5.41) is 0. The lowest BCUT2D eigenvalue weighted by Gasteiger charge is -2.08. The van der Waals surface area contributed by atoms with Gasteiger partial charge in [-0.3, -0.25) is 4.79 Å². The number of rotatable bonds is 2. The SMILES string of the molecule is CCC1CC(c2ccccc2)OC1=O. The molecule has 0 bridgehead atoms. The van der Waals surface area contributed by atoms with Crippen LogP contribution in [0, 0.1) is 5.92 Å². The molecule has 2 unspecified atom stereocenters. The van der Waals surface area contributed by atoms with Gasteiger partial charge in [-0.05, 0) is 12.0 Å². The van der Waals surface area contributed by atoms with E-state index in [4.69, 9.17) is 4.74 Å². The zero-order chi connectivity index (χ0) is 9.97. The Bertz CT molecular complexity index is 318. The van der Waals surface area contributed by atoms with Crippen LogP contribution in [0.1, 0.15) is 31.4 Å². The summed E-state index contributed by atoms with van der Waals surface area (Å²) < 4.78 is 5.31. The van der Waals surface area contributed by atoms with E-state index in [9.17, 15) is 4.79 Å². The van der Waals surface area contributed by atoms with Crippen LogP contribution in [-0.4, -0.2) is 5.97 Å². The van der Waals surface area contributed by atoms with Crippen LogP contribution in [-0.2, 0) is 9.53 Å². The topological polar surface area (TPSA) is 26.3 Å². The third-order valence-corrected chi connectivity index (χ3v) is 2.75. The van der Waals surface area contributed by atoms with E-state index >= 15 is 0 Å². The van der Waals surface area contributed by atoms with Gasteiger partial charge in [0.25, 0.3) is 0 Å². The van der Waals surface area contributed by atoms with Crippen LogP contribution in [0.2, 0.25) is 0 Å². The summed E-state index contributed by atoms with van der Waals surface area (Å²) in [5.74, 6) is 0.0570. The van der Waals surface area contributed by atoms with Crippen molar-refractivity contribution in [2.24, 2.45) is 5.92 Å². The summed E-state index contributed by atoms with van der Waals surface area (Å²) in [6.45, 7) is 2.03. The number of carbonyl (C=O) groups is 1. The average molecular weight is 190 g/mol. The number of benzene rings is 1. The maximum Gasteiger partial charge on any atom is 0.309 e. The maximum atomic E-state index is 11.4. The van der Waals surface area contributed by atoms with Crippen molar-refractivity contribution >= 4 is 5.97 Å². The minimum absolute atomic E-state index is 0.0198. The molecule has 1 aromatic rings. The minimum atomic E-state index is -0.0404. The highest BCUT2D eigenvalue weighted by Gasteiger charge is 2.33. The van der Waals surface area contributed by atoms with Gasteiger partial charge in [-0.15, -0.1) is 0 Å². The monoisotopic (exact) mass is 190 g/mol. The molecule has 0 aromatic heterocycles. The summed E-state index contributed by atoms with van der Waals surface area (Å²) in [7, 11) is 0. The Kier molecular flexibility index (Phi) is 2.53. The van der Waals surface area contributed by atoms with Crippen LogP contribution >= 0.6 is 0 Å². The molecule has 14 heavy (non-hydrogen) atoms. The Morgan fingerprint density at radius 3 is 2.64 bits per heavy atom. The van der Waals surface area contributed by atoms with Crippen molar-refractivity contribution in [2.45, 2.75) is 25.9 Å². The van der Waals surface area contributed by atoms with E-state index < -0.39 is 0 Å². The number of hydrogen-bond donors (Lipinski definition) is 0. The molecular weight excluding hydrogens is 176 g/mol. The van der Waals surface area contributed by atoms with Gasteiger partial charge in [-0.25, -0.2) is 0 Å². The molecule has 1 aliphatic heterocycles. The van der Waals surface area contributed by atoms with Gasteiger partial charge in [-0.2, -0.15) is 0 Å². The fourth-order valence-electron chi connectivity index (χ4n) is 1.84. The molecule has 2 heteroatoms. The fraction of sp³-hybridized carbons (Fsp3) is 0.417. The third-order valence-electron chi connectivity index (χ3n) is 2.75. The van der Waals surface area contributed by atoms with Crippen LogP contribution in [0.15, 0.2) is 30.3 Å². The minimum Gasteiger partial charge on any atom is -0.457 e. The lowest BCUT2D eigenvalue weighted by Crippen LogP contribution is -2.04. The van der Waals surface area contributed by atoms with Crippen molar-refractivity contribution < 1.29 is 9.53 Å². The zero-order valence-electron chi connectivity index (χ0n) is 8.27. The van der Waals surface area contributed by atoms with Crippen molar-refractivity contribution in [1.29, 1.82) is 0 Å². The molecule has 1 fully saturated rings. The van der Waals surface area contributed by atoms with E-state index in [1.54, 1.807) is 0 Å². The quantitative estimate of drug-likeness (QED) is 0.670. The Labute approximate surface area is 83.9 Å². The Morgan fingerprint density at radius 1 is 1.36 bits per heavy atom. The summed E-state index contributed by atoms with van der Waals surface area (Å²) >= 11 is 0. The number of esters is 1. The Balaban J connectivity index is 2.13. The first kappa shape index (κ1) is 9.25. The second-order valence-electron chi connectivity index (χ2n) is 3.68. The first-order valence-electron chi connectivity index (χ1n) is 5.06. The molecule has 2 atom stereocenters. The molecule has 0 N–H and O–H groups in total. The predicted molar refractivity (Wildman–Crippen MR) is 53.7 cm³/mol. The van der Waals surface area contributed by atoms with Crippen molar-refractivity contribution in [3.8, 4) is 0 Å². The molecule has 1 aliphatic rings. The second kappa shape index (κ2) is 3.82. The smallest absolute Gasteiger partial charge is 0.309 e. The van der Waals surface area contributed by atoms with Gasteiger partial charge in [-0.1, -0.05) is 37.3 Å². The van der Waals surface area contributed by atoms with Gasteiger partial charge in [0.1, 0.15) is 6.10 Å². The van der Waals surface area contributed by atoms with Crippen molar-refractivity contribution in [3.05, 3.63) is 35.9 Å². The molecular formula is C12H14O2. The summed E-state index contributed by atoms with van der Waals surface area (Å²) in [6.07, 6.45) is 1.69. The van der Waals surface area contributed by atoms with Crippen LogP contribution in [0.4, 0.5) is 0 Å². The molecule has 0 aliphatic carbocycles.